The predicted octanol–water partition coefficient (Wildman–Crippen LogP) is 0.576. The van der Waals surface area contributed by atoms with Gasteiger partial charge in [-0.15, -0.1) is 0 Å². The van der Waals surface area contributed by atoms with Crippen LogP contribution in [0, 0.1) is 0 Å². The van der Waals surface area contributed by atoms with Crippen LogP contribution in [0.5, 0.6) is 0 Å². The Bertz CT molecular complexity index is 704. The number of nitrogens with one attached hydrogen (secondary N) is 2. The number of benzene rings is 1. The van der Waals surface area contributed by atoms with Gasteiger partial charge in [0.2, 0.25) is 11.8 Å². The number of nitrogens with two attached hydrogens (primary N) is 1. The summed E-state index contributed by atoms with van der Waals surface area (Å²) >= 11 is 0. The number of rotatable bonds is 7. The van der Waals surface area contributed by atoms with Gasteiger partial charge in [-0.25, -0.2) is 0 Å². The Kier molecular flexibility index (Phi) is 6.11. The van der Waals surface area contributed by atoms with Gasteiger partial charge in [0.15, 0.2) is 0 Å². The van der Waals surface area contributed by atoms with E-state index in [9.17, 15) is 14.4 Å². The molecule has 7 heteroatoms. The number of nitrogens with zero attached hydrogens (tertiary/aromatic N) is 1. The van der Waals surface area contributed by atoms with Crippen molar-refractivity contribution in [2.24, 2.45) is 5.73 Å². The van der Waals surface area contributed by atoms with Gasteiger partial charge < -0.3 is 21.3 Å². The maximum absolute atomic E-state index is 12.7. The predicted molar refractivity (Wildman–Crippen MR) is 102 cm³/mol. The maximum Gasteiger partial charge on any atom is 0.251 e. The molecule has 2 heterocycles. The zero-order valence-electron chi connectivity index (χ0n) is 15.7. The molecule has 1 aromatic rings. The molecule has 0 aromatic heterocycles. The number of carbonyl (C=O) groups excluding carboxylic acids is 3. The van der Waals surface area contributed by atoms with E-state index < -0.39 is 12.1 Å². The number of aryl methyl sites for hydroxylation is 1. The van der Waals surface area contributed by atoms with Crippen molar-refractivity contribution in [2.75, 3.05) is 13.1 Å². The molecule has 4 N–H and O–H groups in total. The fourth-order valence-electron chi connectivity index (χ4n) is 3.81. The van der Waals surface area contributed by atoms with E-state index in [1.807, 2.05) is 24.3 Å². The standard InChI is InChI=1S/C20H28N4O3/c1-2-13-6-8-14(9-7-13)18(25)22-15-11-17-19(26)23-16(5-3-4-10-21)20(27)24(17)12-15/h6-9,15-17H,2-5,10-12,21H2,1H3,(H,22,25)(H,23,26)/t15-,16-,17-/m0/s1. The molecular weight excluding hydrogens is 344 g/mol. The van der Waals surface area contributed by atoms with Gasteiger partial charge in [-0.1, -0.05) is 19.1 Å². The van der Waals surface area contributed by atoms with Crippen LogP contribution in [0.1, 0.15) is 48.5 Å². The van der Waals surface area contributed by atoms with Gasteiger partial charge in [-0.2, -0.15) is 0 Å². The highest BCUT2D eigenvalue weighted by atomic mass is 16.2. The average molecular weight is 372 g/mol. The van der Waals surface area contributed by atoms with E-state index in [0.717, 1.165) is 19.3 Å². The second kappa shape index (κ2) is 8.52. The minimum absolute atomic E-state index is 0.0549. The molecule has 0 bridgehead atoms. The molecule has 3 atom stereocenters. The number of piperazine rings is 1. The first kappa shape index (κ1) is 19.4. The third kappa shape index (κ3) is 4.30. The summed E-state index contributed by atoms with van der Waals surface area (Å²) in [5, 5.41) is 5.80. The smallest absolute Gasteiger partial charge is 0.251 e. The quantitative estimate of drug-likeness (QED) is 0.609. The Labute approximate surface area is 159 Å². The van der Waals surface area contributed by atoms with Crippen LogP contribution in [-0.2, 0) is 16.0 Å². The zero-order valence-corrected chi connectivity index (χ0v) is 15.7. The summed E-state index contributed by atoms with van der Waals surface area (Å²) in [5.41, 5.74) is 7.26. The second-order valence-electron chi connectivity index (χ2n) is 7.31. The molecule has 2 saturated heterocycles. The molecular formula is C20H28N4O3. The first-order valence-corrected chi connectivity index (χ1v) is 9.74. The van der Waals surface area contributed by atoms with Crippen LogP contribution in [0.4, 0.5) is 0 Å². The van der Waals surface area contributed by atoms with E-state index in [1.54, 1.807) is 4.90 Å². The largest absolute Gasteiger partial charge is 0.347 e. The molecule has 2 aliphatic rings. The summed E-state index contributed by atoms with van der Waals surface area (Å²) in [4.78, 5) is 39.2. The molecule has 0 aliphatic carbocycles. The van der Waals surface area contributed by atoms with Gasteiger partial charge in [-0.3, -0.25) is 14.4 Å². The Morgan fingerprint density at radius 3 is 2.67 bits per heavy atom. The van der Waals surface area contributed by atoms with Crippen molar-refractivity contribution < 1.29 is 14.4 Å². The number of fused-ring (bicyclic) bond motifs is 1. The highest BCUT2D eigenvalue weighted by Gasteiger charge is 2.46. The van der Waals surface area contributed by atoms with Crippen molar-refractivity contribution in [3.05, 3.63) is 35.4 Å². The van der Waals surface area contributed by atoms with Crippen LogP contribution in [0.25, 0.3) is 0 Å². The summed E-state index contributed by atoms with van der Waals surface area (Å²) in [6.45, 7) is 3.02. The topological polar surface area (TPSA) is 105 Å². The van der Waals surface area contributed by atoms with E-state index >= 15 is 0 Å². The highest BCUT2D eigenvalue weighted by molar-refractivity contribution is 5.98. The Morgan fingerprint density at radius 2 is 2.00 bits per heavy atom. The lowest BCUT2D eigenvalue weighted by atomic mass is 10.0. The second-order valence-corrected chi connectivity index (χ2v) is 7.31. The van der Waals surface area contributed by atoms with E-state index in [2.05, 4.69) is 17.6 Å². The van der Waals surface area contributed by atoms with Crippen molar-refractivity contribution in [3.8, 4) is 0 Å². The van der Waals surface area contributed by atoms with E-state index in [0.29, 0.717) is 31.5 Å². The first-order valence-electron chi connectivity index (χ1n) is 9.74. The summed E-state index contributed by atoms with van der Waals surface area (Å²) < 4.78 is 0. The van der Waals surface area contributed by atoms with Gasteiger partial charge in [0, 0.05) is 18.2 Å². The molecule has 0 radical (unpaired) electrons. The van der Waals surface area contributed by atoms with Gasteiger partial charge >= 0.3 is 0 Å². The molecule has 27 heavy (non-hydrogen) atoms. The van der Waals surface area contributed by atoms with Gasteiger partial charge in [0.05, 0.1) is 0 Å². The van der Waals surface area contributed by atoms with Crippen LogP contribution >= 0.6 is 0 Å². The highest BCUT2D eigenvalue weighted by Crippen LogP contribution is 2.24. The van der Waals surface area contributed by atoms with Crippen LogP contribution in [0.3, 0.4) is 0 Å². The molecule has 3 rings (SSSR count). The minimum atomic E-state index is -0.490. The van der Waals surface area contributed by atoms with Gasteiger partial charge in [0.1, 0.15) is 12.1 Å². The third-order valence-electron chi connectivity index (χ3n) is 5.41. The first-order chi connectivity index (χ1) is 13.0. The maximum atomic E-state index is 12.7. The van der Waals surface area contributed by atoms with Crippen LogP contribution in [0.15, 0.2) is 24.3 Å². The fraction of sp³-hybridized carbons (Fsp3) is 0.550. The minimum Gasteiger partial charge on any atom is -0.347 e. The molecule has 1 aromatic carbocycles. The third-order valence-corrected chi connectivity index (χ3v) is 5.41. The summed E-state index contributed by atoms with van der Waals surface area (Å²) in [6.07, 6.45) is 3.61. The summed E-state index contributed by atoms with van der Waals surface area (Å²) in [6, 6.07) is 6.31. The number of hydrogen-bond acceptors (Lipinski definition) is 4. The van der Waals surface area contributed by atoms with Crippen LogP contribution in [-0.4, -0.2) is 53.8 Å². The number of hydrogen-bond donors (Lipinski definition) is 3. The Hall–Kier alpha value is -2.41. The zero-order chi connectivity index (χ0) is 19.4. The molecule has 0 unspecified atom stereocenters. The van der Waals surface area contributed by atoms with Crippen molar-refractivity contribution >= 4 is 17.7 Å². The molecule has 2 aliphatic heterocycles. The molecule has 0 saturated carbocycles. The SMILES string of the molecule is CCc1ccc(C(=O)N[C@H]2C[C@H]3C(=O)N[C@@H](CCCCN)C(=O)N3C2)cc1. The lowest BCUT2D eigenvalue weighted by molar-refractivity contribution is -0.147. The molecule has 3 amide bonds. The normalized spacial score (nSPS) is 24.5. The van der Waals surface area contributed by atoms with E-state index in [1.165, 1.54) is 5.56 Å². The van der Waals surface area contributed by atoms with Crippen LogP contribution in [0.2, 0.25) is 0 Å². The number of carbonyl (C=O) groups is 3. The Morgan fingerprint density at radius 1 is 1.26 bits per heavy atom. The Balaban J connectivity index is 1.60. The molecule has 7 nitrogen and oxygen atoms in total. The van der Waals surface area contributed by atoms with Crippen molar-refractivity contribution in [1.82, 2.24) is 15.5 Å². The lowest BCUT2D eigenvalue weighted by Gasteiger charge is -2.34. The van der Waals surface area contributed by atoms with Crippen molar-refractivity contribution in [1.29, 1.82) is 0 Å². The van der Waals surface area contributed by atoms with Gasteiger partial charge in [-0.05, 0) is 56.3 Å². The molecule has 146 valence electrons. The summed E-state index contributed by atoms with van der Waals surface area (Å²) in [7, 11) is 0. The lowest BCUT2D eigenvalue weighted by Crippen LogP contribution is -2.61. The van der Waals surface area contributed by atoms with Crippen molar-refractivity contribution in [3.63, 3.8) is 0 Å². The van der Waals surface area contributed by atoms with E-state index in [-0.39, 0.29) is 23.8 Å². The van der Waals surface area contributed by atoms with Crippen LogP contribution < -0.4 is 16.4 Å². The monoisotopic (exact) mass is 372 g/mol. The number of unbranched alkanes of at least 4 members (excludes halogenated alkanes) is 1. The number of amides is 3. The van der Waals surface area contributed by atoms with Crippen molar-refractivity contribution in [2.45, 2.75) is 57.2 Å². The summed E-state index contributed by atoms with van der Waals surface area (Å²) in [5.74, 6) is -0.355. The average Bonchev–Trinajstić information content (AvgIpc) is 3.10. The molecule has 2 fully saturated rings. The van der Waals surface area contributed by atoms with E-state index in [4.69, 9.17) is 5.73 Å². The fourth-order valence-corrected chi connectivity index (χ4v) is 3.81. The van der Waals surface area contributed by atoms with Gasteiger partial charge in [0.25, 0.3) is 5.91 Å². The molecule has 0 spiro atoms.